The monoisotopic (exact) mass is 255 g/mol. The van der Waals surface area contributed by atoms with E-state index in [0.717, 1.165) is 13.0 Å². The van der Waals surface area contributed by atoms with Crippen LogP contribution in [0.5, 0.6) is 0 Å². The average Bonchev–Trinajstić information content (AvgIpc) is 2.39. The predicted octanol–water partition coefficient (Wildman–Crippen LogP) is 5.13. The Morgan fingerprint density at radius 2 is 1.28 bits per heavy atom. The second-order valence-electron chi connectivity index (χ2n) is 5.08. The molecule has 0 aliphatic heterocycles. The molecule has 0 saturated carbocycles. The molecule has 0 heterocycles. The summed E-state index contributed by atoms with van der Waals surface area (Å²) in [6, 6.07) is 0. The lowest BCUT2D eigenvalue weighted by molar-refractivity contribution is 0.202. The Hall–Kier alpha value is -0.660. The molecular weight excluding hydrogens is 222 g/mol. The summed E-state index contributed by atoms with van der Waals surface area (Å²) in [5.41, 5.74) is 5.54. The fourth-order valence-electron chi connectivity index (χ4n) is 2.04. The standard InChI is InChI=1S/C16H33NO/c1-3-5-6-7-8-9-10-11-12-13-14-15-18-16(17)4-2/h4H,3,5-15,17H2,1-2H3/b16-4+. The quantitative estimate of drug-likeness (QED) is 0.365. The van der Waals surface area contributed by atoms with E-state index in [4.69, 9.17) is 10.5 Å². The van der Waals surface area contributed by atoms with Crippen LogP contribution in [0.2, 0.25) is 0 Å². The van der Waals surface area contributed by atoms with Gasteiger partial charge < -0.3 is 10.5 Å². The molecule has 0 amide bonds. The molecule has 0 aliphatic carbocycles. The van der Waals surface area contributed by atoms with E-state index in [9.17, 15) is 0 Å². The van der Waals surface area contributed by atoms with Gasteiger partial charge in [0.05, 0.1) is 6.61 Å². The summed E-state index contributed by atoms with van der Waals surface area (Å²) >= 11 is 0. The van der Waals surface area contributed by atoms with Crippen LogP contribution in [0.3, 0.4) is 0 Å². The van der Waals surface area contributed by atoms with Gasteiger partial charge in [-0.1, -0.05) is 71.1 Å². The number of unbranched alkanes of at least 4 members (excludes halogenated alkanes) is 10. The van der Waals surface area contributed by atoms with Gasteiger partial charge in [-0.3, -0.25) is 0 Å². The topological polar surface area (TPSA) is 35.2 Å². The van der Waals surface area contributed by atoms with E-state index in [-0.39, 0.29) is 0 Å². The zero-order chi connectivity index (χ0) is 13.5. The van der Waals surface area contributed by atoms with Gasteiger partial charge in [-0.05, 0) is 19.4 Å². The molecule has 0 bridgehead atoms. The van der Waals surface area contributed by atoms with Gasteiger partial charge in [0.15, 0.2) is 5.88 Å². The Kier molecular flexibility index (Phi) is 13.9. The number of ether oxygens (including phenoxy) is 1. The van der Waals surface area contributed by atoms with E-state index in [0.29, 0.717) is 5.88 Å². The fourth-order valence-corrected chi connectivity index (χ4v) is 2.04. The molecule has 2 nitrogen and oxygen atoms in total. The molecule has 0 atom stereocenters. The van der Waals surface area contributed by atoms with Crippen molar-refractivity contribution in [2.24, 2.45) is 5.73 Å². The van der Waals surface area contributed by atoms with Crippen molar-refractivity contribution in [2.75, 3.05) is 6.61 Å². The number of nitrogens with two attached hydrogens (primary N) is 1. The van der Waals surface area contributed by atoms with E-state index in [1.54, 1.807) is 6.08 Å². The molecule has 0 aromatic rings. The van der Waals surface area contributed by atoms with Crippen LogP contribution in [0, 0.1) is 0 Å². The van der Waals surface area contributed by atoms with Crippen molar-refractivity contribution in [3.8, 4) is 0 Å². The molecule has 2 heteroatoms. The zero-order valence-electron chi connectivity index (χ0n) is 12.5. The lowest BCUT2D eigenvalue weighted by Gasteiger charge is -2.05. The van der Waals surface area contributed by atoms with Gasteiger partial charge in [0, 0.05) is 0 Å². The Morgan fingerprint density at radius 1 is 0.833 bits per heavy atom. The van der Waals surface area contributed by atoms with Crippen LogP contribution in [0.1, 0.15) is 84.5 Å². The maximum atomic E-state index is 5.54. The first-order valence-corrected chi connectivity index (χ1v) is 7.85. The number of allylic oxidation sites excluding steroid dienone is 1. The van der Waals surface area contributed by atoms with Crippen molar-refractivity contribution in [3.63, 3.8) is 0 Å². The Labute approximate surface area is 114 Å². The highest BCUT2D eigenvalue weighted by molar-refractivity contribution is 4.81. The van der Waals surface area contributed by atoms with Gasteiger partial charge in [0.2, 0.25) is 0 Å². The summed E-state index contributed by atoms with van der Waals surface area (Å²) in [5.74, 6) is 0.557. The third-order valence-corrected chi connectivity index (χ3v) is 3.30. The summed E-state index contributed by atoms with van der Waals surface area (Å²) in [4.78, 5) is 0. The zero-order valence-corrected chi connectivity index (χ0v) is 12.5. The van der Waals surface area contributed by atoms with Crippen molar-refractivity contribution in [1.29, 1.82) is 0 Å². The molecule has 0 spiro atoms. The fraction of sp³-hybridized carbons (Fsp3) is 0.875. The van der Waals surface area contributed by atoms with Crippen molar-refractivity contribution in [3.05, 3.63) is 12.0 Å². The molecule has 108 valence electrons. The second kappa shape index (κ2) is 14.4. The molecule has 0 unspecified atom stereocenters. The van der Waals surface area contributed by atoms with E-state index < -0.39 is 0 Å². The molecule has 0 radical (unpaired) electrons. The largest absolute Gasteiger partial charge is 0.480 e. The van der Waals surface area contributed by atoms with Crippen molar-refractivity contribution in [1.82, 2.24) is 0 Å². The van der Waals surface area contributed by atoms with Crippen molar-refractivity contribution >= 4 is 0 Å². The second-order valence-corrected chi connectivity index (χ2v) is 5.08. The van der Waals surface area contributed by atoms with Crippen LogP contribution in [-0.2, 0) is 4.74 Å². The maximum absolute atomic E-state index is 5.54. The lowest BCUT2D eigenvalue weighted by atomic mass is 10.1. The summed E-state index contributed by atoms with van der Waals surface area (Å²) in [5, 5.41) is 0. The SMILES string of the molecule is C/C=C(\N)OCCCCCCCCCCCCC. The Bertz CT molecular complexity index is 190. The van der Waals surface area contributed by atoms with Gasteiger partial charge in [0.1, 0.15) is 0 Å². The van der Waals surface area contributed by atoms with Gasteiger partial charge in [-0.15, -0.1) is 0 Å². The van der Waals surface area contributed by atoms with Gasteiger partial charge in [0.25, 0.3) is 0 Å². The van der Waals surface area contributed by atoms with Gasteiger partial charge in [-0.25, -0.2) is 0 Å². The van der Waals surface area contributed by atoms with E-state index in [1.165, 1.54) is 64.2 Å². The van der Waals surface area contributed by atoms with Crippen LogP contribution < -0.4 is 5.73 Å². The maximum Gasteiger partial charge on any atom is 0.179 e. The number of hydrogen-bond donors (Lipinski definition) is 1. The van der Waals surface area contributed by atoms with Crippen molar-refractivity contribution in [2.45, 2.75) is 84.5 Å². The predicted molar refractivity (Wildman–Crippen MR) is 80.4 cm³/mol. The number of hydrogen-bond acceptors (Lipinski definition) is 2. The van der Waals surface area contributed by atoms with E-state index in [2.05, 4.69) is 6.92 Å². The van der Waals surface area contributed by atoms with E-state index >= 15 is 0 Å². The van der Waals surface area contributed by atoms with Crippen LogP contribution in [-0.4, -0.2) is 6.61 Å². The van der Waals surface area contributed by atoms with Crippen LogP contribution in [0.25, 0.3) is 0 Å². The third kappa shape index (κ3) is 13.4. The van der Waals surface area contributed by atoms with Crippen molar-refractivity contribution < 1.29 is 4.74 Å². The minimum absolute atomic E-state index is 0.557. The summed E-state index contributed by atoms with van der Waals surface area (Å²) in [6.07, 6.45) is 16.8. The smallest absolute Gasteiger partial charge is 0.179 e. The molecular formula is C16H33NO. The Morgan fingerprint density at radius 3 is 1.72 bits per heavy atom. The lowest BCUT2D eigenvalue weighted by Crippen LogP contribution is -2.03. The minimum atomic E-state index is 0.557. The average molecular weight is 255 g/mol. The third-order valence-electron chi connectivity index (χ3n) is 3.30. The molecule has 0 aliphatic rings. The highest BCUT2D eigenvalue weighted by Gasteiger charge is 1.94. The molecule has 0 aromatic carbocycles. The first-order valence-electron chi connectivity index (χ1n) is 7.85. The summed E-state index contributed by atoms with van der Waals surface area (Å²) in [7, 11) is 0. The molecule has 2 N–H and O–H groups in total. The molecule has 0 fully saturated rings. The van der Waals surface area contributed by atoms with Crippen LogP contribution >= 0.6 is 0 Å². The summed E-state index contributed by atoms with van der Waals surface area (Å²) in [6.45, 7) is 4.94. The summed E-state index contributed by atoms with van der Waals surface area (Å²) < 4.78 is 5.31. The first-order chi connectivity index (χ1) is 8.81. The van der Waals surface area contributed by atoms with Gasteiger partial charge >= 0.3 is 0 Å². The normalized spacial score (nSPS) is 11.8. The first kappa shape index (κ1) is 17.3. The van der Waals surface area contributed by atoms with Gasteiger partial charge in [-0.2, -0.15) is 0 Å². The minimum Gasteiger partial charge on any atom is -0.480 e. The highest BCUT2D eigenvalue weighted by atomic mass is 16.5. The molecule has 18 heavy (non-hydrogen) atoms. The Balaban J connectivity index is 2.99. The molecule has 0 rings (SSSR count). The van der Waals surface area contributed by atoms with Crippen LogP contribution in [0.4, 0.5) is 0 Å². The highest BCUT2D eigenvalue weighted by Crippen LogP contribution is 2.11. The molecule has 0 aromatic heterocycles. The molecule has 0 saturated heterocycles. The van der Waals surface area contributed by atoms with Crippen LogP contribution in [0.15, 0.2) is 12.0 Å². The van der Waals surface area contributed by atoms with E-state index in [1.807, 2.05) is 6.92 Å². The number of rotatable bonds is 13.